The summed E-state index contributed by atoms with van der Waals surface area (Å²) < 4.78 is 6.25. The quantitative estimate of drug-likeness (QED) is 0.256. The van der Waals surface area contributed by atoms with Gasteiger partial charge in [0.2, 0.25) is 0 Å². The van der Waals surface area contributed by atoms with Crippen LogP contribution in [0.25, 0.3) is 6.08 Å². The van der Waals surface area contributed by atoms with E-state index in [4.69, 9.17) is 51.8 Å². The standard InChI is InChI=1S/C24H14Cl3NO4S2/c25-16-6-7-20(32-12-14-4-5-17(26)11-19(14)27)15(8-16)10-21-22(29)28(24(33)34-21)18-3-1-2-13(9-18)23(30)31/h1-11H,12H2,(H,30,31)/b21-10+. The van der Waals surface area contributed by atoms with E-state index in [1.165, 1.54) is 17.0 Å². The van der Waals surface area contributed by atoms with Gasteiger partial charge in [-0.05, 0) is 54.6 Å². The van der Waals surface area contributed by atoms with Crippen molar-refractivity contribution in [3.8, 4) is 5.75 Å². The summed E-state index contributed by atoms with van der Waals surface area (Å²) in [6.07, 6.45) is 1.64. The number of halogens is 3. The van der Waals surface area contributed by atoms with Crippen LogP contribution in [0.2, 0.25) is 15.1 Å². The van der Waals surface area contributed by atoms with Gasteiger partial charge in [0.15, 0.2) is 4.32 Å². The fraction of sp³-hybridized carbons (Fsp3) is 0.0417. The molecule has 0 aromatic heterocycles. The van der Waals surface area contributed by atoms with Crippen LogP contribution < -0.4 is 9.64 Å². The molecule has 3 aromatic rings. The molecule has 1 saturated heterocycles. The molecule has 1 fully saturated rings. The molecule has 0 radical (unpaired) electrons. The predicted molar refractivity (Wildman–Crippen MR) is 141 cm³/mol. The maximum Gasteiger partial charge on any atom is 0.335 e. The number of thioether (sulfide) groups is 1. The lowest BCUT2D eigenvalue weighted by atomic mass is 10.1. The third-order valence-corrected chi connectivity index (χ3v) is 6.93. The number of carbonyl (C=O) groups excluding carboxylic acids is 1. The van der Waals surface area contributed by atoms with Gasteiger partial charge < -0.3 is 9.84 Å². The maximum atomic E-state index is 13.2. The van der Waals surface area contributed by atoms with Gasteiger partial charge in [-0.25, -0.2) is 4.79 Å². The minimum atomic E-state index is -1.09. The Kier molecular flexibility index (Phi) is 7.50. The Morgan fingerprint density at radius 3 is 2.53 bits per heavy atom. The summed E-state index contributed by atoms with van der Waals surface area (Å²) in [6, 6.07) is 16.2. The topological polar surface area (TPSA) is 66.8 Å². The summed E-state index contributed by atoms with van der Waals surface area (Å²) in [5.74, 6) is -0.970. The number of anilines is 1. The average Bonchev–Trinajstić information content (AvgIpc) is 3.07. The highest BCUT2D eigenvalue weighted by atomic mass is 35.5. The molecule has 4 rings (SSSR count). The molecule has 1 aliphatic heterocycles. The largest absolute Gasteiger partial charge is 0.488 e. The summed E-state index contributed by atoms with van der Waals surface area (Å²) in [5.41, 5.74) is 1.77. The Morgan fingerprint density at radius 1 is 1.06 bits per heavy atom. The van der Waals surface area contributed by atoms with Crippen molar-refractivity contribution < 1.29 is 19.4 Å². The fourth-order valence-corrected chi connectivity index (χ4v) is 5.10. The first-order valence-electron chi connectivity index (χ1n) is 9.70. The maximum absolute atomic E-state index is 13.2. The lowest BCUT2D eigenvalue weighted by molar-refractivity contribution is -0.113. The van der Waals surface area contributed by atoms with Crippen molar-refractivity contribution in [2.75, 3.05) is 4.90 Å². The number of nitrogens with zero attached hydrogens (tertiary/aromatic N) is 1. The number of amides is 1. The lowest BCUT2D eigenvalue weighted by Crippen LogP contribution is -2.27. The second-order valence-corrected chi connectivity index (χ2v) is 10.0. The number of hydrogen-bond donors (Lipinski definition) is 1. The van der Waals surface area contributed by atoms with Gasteiger partial charge >= 0.3 is 5.97 Å². The molecule has 0 bridgehead atoms. The molecule has 1 heterocycles. The minimum absolute atomic E-state index is 0.0573. The van der Waals surface area contributed by atoms with Crippen molar-refractivity contribution in [2.45, 2.75) is 6.61 Å². The molecular formula is C24H14Cl3NO4S2. The van der Waals surface area contributed by atoms with Crippen LogP contribution in [-0.4, -0.2) is 21.3 Å². The molecule has 1 N–H and O–H groups in total. The van der Waals surface area contributed by atoms with Gasteiger partial charge in [-0.1, -0.05) is 70.9 Å². The SMILES string of the molecule is O=C(O)c1cccc(N2C(=O)/C(=C\c3cc(Cl)ccc3OCc3ccc(Cl)cc3Cl)SC2=S)c1. The summed E-state index contributed by atoms with van der Waals surface area (Å²) in [6.45, 7) is 0.182. The van der Waals surface area contributed by atoms with E-state index in [2.05, 4.69) is 0 Å². The van der Waals surface area contributed by atoms with Crippen LogP contribution in [-0.2, 0) is 11.4 Å². The van der Waals surface area contributed by atoms with Crippen LogP contribution in [0.3, 0.4) is 0 Å². The number of benzene rings is 3. The molecule has 1 aliphatic rings. The second kappa shape index (κ2) is 10.4. The highest BCUT2D eigenvalue weighted by Gasteiger charge is 2.33. The molecule has 34 heavy (non-hydrogen) atoms. The van der Waals surface area contributed by atoms with Gasteiger partial charge in [-0.2, -0.15) is 0 Å². The first kappa shape index (κ1) is 24.6. The first-order valence-corrected chi connectivity index (χ1v) is 12.1. The zero-order chi connectivity index (χ0) is 24.4. The number of hydrogen-bond acceptors (Lipinski definition) is 5. The number of carboxylic acid groups (broad SMARTS) is 1. The Balaban J connectivity index is 1.62. The minimum Gasteiger partial charge on any atom is -0.488 e. The van der Waals surface area contributed by atoms with Crippen molar-refractivity contribution in [1.82, 2.24) is 0 Å². The summed E-state index contributed by atoms with van der Waals surface area (Å²) >= 11 is 24.9. The average molecular weight is 551 g/mol. The van der Waals surface area contributed by atoms with E-state index in [1.54, 1.807) is 54.6 Å². The van der Waals surface area contributed by atoms with E-state index in [0.717, 1.165) is 17.3 Å². The van der Waals surface area contributed by atoms with Crippen molar-refractivity contribution in [3.05, 3.63) is 97.3 Å². The first-order chi connectivity index (χ1) is 16.2. The molecule has 0 unspecified atom stereocenters. The smallest absolute Gasteiger partial charge is 0.335 e. The van der Waals surface area contributed by atoms with Gasteiger partial charge in [-0.15, -0.1) is 0 Å². The van der Waals surface area contributed by atoms with Crippen molar-refractivity contribution >= 4 is 86.7 Å². The number of carbonyl (C=O) groups is 2. The lowest BCUT2D eigenvalue weighted by Gasteiger charge is -2.15. The number of ether oxygens (including phenoxy) is 1. The normalized spacial score (nSPS) is 14.7. The third kappa shape index (κ3) is 5.40. The molecule has 10 heteroatoms. The van der Waals surface area contributed by atoms with Crippen molar-refractivity contribution in [2.24, 2.45) is 0 Å². The van der Waals surface area contributed by atoms with Gasteiger partial charge in [-0.3, -0.25) is 9.69 Å². The molecule has 0 spiro atoms. The zero-order valence-corrected chi connectivity index (χ0v) is 21.0. The molecule has 172 valence electrons. The highest BCUT2D eigenvalue weighted by Crippen LogP contribution is 2.38. The van der Waals surface area contributed by atoms with Crippen LogP contribution in [0.15, 0.2) is 65.6 Å². The molecule has 3 aromatic carbocycles. The third-order valence-electron chi connectivity index (χ3n) is 4.80. The molecule has 1 amide bonds. The van der Waals surface area contributed by atoms with E-state index >= 15 is 0 Å². The fourth-order valence-electron chi connectivity index (χ4n) is 3.17. The van der Waals surface area contributed by atoms with E-state index in [-0.39, 0.29) is 22.4 Å². The summed E-state index contributed by atoms with van der Waals surface area (Å²) in [4.78, 5) is 26.1. The molecule has 0 atom stereocenters. The number of thiocarbonyl (C=S) groups is 1. The van der Waals surface area contributed by atoms with Gasteiger partial charge in [0.25, 0.3) is 5.91 Å². The monoisotopic (exact) mass is 549 g/mol. The molecular weight excluding hydrogens is 537 g/mol. The molecule has 5 nitrogen and oxygen atoms in total. The second-order valence-electron chi connectivity index (χ2n) is 7.08. The highest BCUT2D eigenvalue weighted by molar-refractivity contribution is 8.27. The summed E-state index contributed by atoms with van der Waals surface area (Å²) in [7, 11) is 0. The van der Waals surface area contributed by atoms with Gasteiger partial charge in [0.1, 0.15) is 12.4 Å². The number of aromatic carboxylic acids is 1. The summed E-state index contributed by atoms with van der Waals surface area (Å²) in [5, 5.41) is 10.7. The van der Waals surface area contributed by atoms with E-state index in [0.29, 0.717) is 37.0 Å². The Bertz CT molecular complexity index is 1360. The van der Waals surface area contributed by atoms with E-state index in [1.807, 2.05) is 0 Å². The predicted octanol–water partition coefficient (Wildman–Crippen LogP) is 7.33. The van der Waals surface area contributed by atoms with Crippen LogP contribution in [0.5, 0.6) is 5.75 Å². The van der Waals surface area contributed by atoms with Crippen LogP contribution in [0.4, 0.5) is 5.69 Å². The molecule has 0 saturated carbocycles. The zero-order valence-electron chi connectivity index (χ0n) is 17.1. The van der Waals surface area contributed by atoms with Crippen molar-refractivity contribution in [3.63, 3.8) is 0 Å². The number of carboxylic acids is 1. The van der Waals surface area contributed by atoms with Gasteiger partial charge in [0.05, 0.1) is 16.2 Å². The van der Waals surface area contributed by atoms with E-state index < -0.39 is 5.97 Å². The van der Waals surface area contributed by atoms with Crippen molar-refractivity contribution in [1.29, 1.82) is 0 Å². The Labute approximate surface area is 219 Å². The number of rotatable bonds is 6. The van der Waals surface area contributed by atoms with Gasteiger partial charge in [0, 0.05) is 26.2 Å². The Morgan fingerprint density at radius 2 is 1.79 bits per heavy atom. The Hall–Kier alpha value is -2.55. The van der Waals surface area contributed by atoms with Crippen LogP contribution in [0, 0.1) is 0 Å². The molecule has 0 aliphatic carbocycles. The van der Waals surface area contributed by atoms with Crippen LogP contribution >= 0.6 is 58.8 Å². The van der Waals surface area contributed by atoms with Crippen LogP contribution in [0.1, 0.15) is 21.5 Å². The van der Waals surface area contributed by atoms with E-state index in [9.17, 15) is 14.7 Å².